The zero-order valence-electron chi connectivity index (χ0n) is 9.46. The van der Waals surface area contributed by atoms with Crippen molar-refractivity contribution in [2.24, 2.45) is 23.7 Å². The van der Waals surface area contributed by atoms with Gasteiger partial charge in [0.2, 0.25) is 0 Å². The molecule has 3 heteroatoms. The zero-order valence-corrected chi connectivity index (χ0v) is 9.46. The van der Waals surface area contributed by atoms with Crippen molar-refractivity contribution in [1.29, 1.82) is 0 Å². The van der Waals surface area contributed by atoms with Crippen molar-refractivity contribution in [3.8, 4) is 0 Å². The fourth-order valence-corrected chi connectivity index (χ4v) is 4.15. The second-order valence-electron chi connectivity index (χ2n) is 5.65. The Labute approximate surface area is 99.5 Å². The van der Waals surface area contributed by atoms with Gasteiger partial charge in [0.25, 0.3) is 0 Å². The second kappa shape index (κ2) is 2.78. The molecule has 0 aromatic heterocycles. The predicted octanol–water partition coefficient (Wildman–Crippen LogP) is 1.29. The lowest BCUT2D eigenvalue weighted by Gasteiger charge is -2.31. The van der Waals surface area contributed by atoms with E-state index >= 15 is 0 Å². The summed E-state index contributed by atoms with van der Waals surface area (Å²) in [5.74, 6) is 0.664. The lowest BCUT2D eigenvalue weighted by Crippen LogP contribution is -2.49. The van der Waals surface area contributed by atoms with Gasteiger partial charge in [-0.2, -0.15) is 0 Å². The lowest BCUT2D eigenvalue weighted by atomic mass is 9.67. The van der Waals surface area contributed by atoms with E-state index in [1.807, 2.05) is 0 Å². The summed E-state index contributed by atoms with van der Waals surface area (Å²) in [5, 5.41) is 0. The van der Waals surface area contributed by atoms with Gasteiger partial charge in [0.15, 0.2) is 23.3 Å². The highest BCUT2D eigenvalue weighted by molar-refractivity contribution is 6.09. The molecule has 1 aliphatic heterocycles. The van der Waals surface area contributed by atoms with E-state index < -0.39 is 11.7 Å². The molecule has 0 aromatic rings. The number of rotatable bonds is 2. The largest absolute Gasteiger partial charge is 0.349 e. The van der Waals surface area contributed by atoms with Crippen LogP contribution in [-0.4, -0.2) is 23.3 Å². The van der Waals surface area contributed by atoms with Gasteiger partial charge in [0.05, 0.1) is 0 Å². The highest BCUT2D eigenvalue weighted by Gasteiger charge is 2.74. The molecule has 3 fully saturated rings. The Morgan fingerprint density at radius 2 is 2.06 bits per heavy atom. The van der Waals surface area contributed by atoms with Crippen LogP contribution in [0, 0.1) is 23.7 Å². The van der Waals surface area contributed by atoms with Crippen LogP contribution in [0.1, 0.15) is 12.8 Å². The van der Waals surface area contributed by atoms with E-state index in [9.17, 15) is 9.59 Å². The van der Waals surface area contributed by atoms with Gasteiger partial charge in [-0.3, -0.25) is 9.59 Å². The maximum atomic E-state index is 12.5. The molecule has 6 atom stereocenters. The maximum Gasteiger partial charge on any atom is 0.172 e. The van der Waals surface area contributed by atoms with Crippen LogP contribution in [0.25, 0.3) is 0 Å². The van der Waals surface area contributed by atoms with Gasteiger partial charge < -0.3 is 4.74 Å². The predicted molar refractivity (Wildman–Crippen MR) is 60.1 cm³/mol. The van der Waals surface area contributed by atoms with Gasteiger partial charge in [0, 0.05) is 18.3 Å². The molecular weight excluding hydrogens is 216 g/mol. The summed E-state index contributed by atoms with van der Waals surface area (Å²) in [5.41, 5.74) is -0.821. The number of carbonyl (C=O) groups excluding carboxylic acids is 2. The van der Waals surface area contributed by atoms with Gasteiger partial charge in [-0.05, 0) is 18.3 Å². The molecular formula is C14H14O3. The summed E-state index contributed by atoms with van der Waals surface area (Å²) < 4.78 is 5.49. The molecule has 0 spiro atoms. The first-order valence-electron chi connectivity index (χ1n) is 6.24. The molecule has 3 aliphatic carbocycles. The lowest BCUT2D eigenvalue weighted by molar-refractivity contribution is -0.138. The average molecular weight is 230 g/mol. The smallest absolute Gasteiger partial charge is 0.172 e. The van der Waals surface area contributed by atoms with E-state index in [1.54, 1.807) is 6.08 Å². The molecule has 0 aromatic carbocycles. The number of Topliss-reactive ketones (excluding diaryl/α,β-unsaturated/α-hetero) is 2. The molecule has 1 heterocycles. The minimum Gasteiger partial charge on any atom is -0.349 e. The third-order valence-electron chi connectivity index (χ3n) is 4.91. The molecule has 3 nitrogen and oxygen atoms in total. The fourth-order valence-electron chi connectivity index (χ4n) is 4.15. The van der Waals surface area contributed by atoms with Gasteiger partial charge >= 0.3 is 0 Å². The third kappa shape index (κ3) is 0.936. The molecule has 88 valence electrons. The van der Waals surface area contributed by atoms with Crippen LogP contribution >= 0.6 is 0 Å². The number of ketones is 2. The molecule has 2 saturated carbocycles. The molecule has 0 radical (unpaired) electrons. The maximum absolute atomic E-state index is 12.5. The Balaban J connectivity index is 1.78. The van der Waals surface area contributed by atoms with Crippen molar-refractivity contribution in [1.82, 2.24) is 0 Å². The van der Waals surface area contributed by atoms with Gasteiger partial charge in [0.1, 0.15) is 0 Å². The Morgan fingerprint density at radius 1 is 1.35 bits per heavy atom. The number of fused-ring (bicyclic) bond motifs is 6. The number of carbonyl (C=O) groups is 2. The number of epoxide rings is 1. The van der Waals surface area contributed by atoms with Crippen LogP contribution in [0.4, 0.5) is 0 Å². The van der Waals surface area contributed by atoms with E-state index in [4.69, 9.17) is 4.74 Å². The molecule has 0 N–H and O–H groups in total. The second-order valence-corrected chi connectivity index (χ2v) is 5.65. The minimum absolute atomic E-state index is 0.0945. The van der Waals surface area contributed by atoms with Crippen molar-refractivity contribution in [2.45, 2.75) is 24.5 Å². The van der Waals surface area contributed by atoms with E-state index in [1.165, 1.54) is 0 Å². The van der Waals surface area contributed by atoms with E-state index in [0.717, 1.165) is 6.42 Å². The van der Waals surface area contributed by atoms with Crippen LogP contribution in [-0.2, 0) is 14.3 Å². The van der Waals surface area contributed by atoms with Crippen LogP contribution < -0.4 is 0 Å². The quantitative estimate of drug-likeness (QED) is 0.530. The SMILES string of the molecule is C=CC[C@@]12O[C@@H]1C(=O)[C@@H]1[C@H](C2=O)[C@@H]2C=C[C@H]1C2. The number of hydrogen-bond acceptors (Lipinski definition) is 3. The van der Waals surface area contributed by atoms with E-state index in [0.29, 0.717) is 6.42 Å². The average Bonchev–Trinajstić information content (AvgIpc) is 2.72. The fraction of sp³-hybridized carbons (Fsp3) is 0.571. The first-order chi connectivity index (χ1) is 8.19. The molecule has 4 aliphatic rings. The topological polar surface area (TPSA) is 46.7 Å². The van der Waals surface area contributed by atoms with Crippen molar-refractivity contribution in [3.05, 3.63) is 24.8 Å². The summed E-state index contributed by atoms with van der Waals surface area (Å²) in [6.07, 6.45) is 6.90. The molecule has 2 bridgehead atoms. The molecule has 17 heavy (non-hydrogen) atoms. The first-order valence-corrected chi connectivity index (χ1v) is 6.24. The highest BCUT2D eigenvalue weighted by atomic mass is 16.6. The molecule has 0 amide bonds. The van der Waals surface area contributed by atoms with Crippen LogP contribution in [0.15, 0.2) is 24.8 Å². The van der Waals surface area contributed by atoms with Gasteiger partial charge in [-0.25, -0.2) is 0 Å². The standard InChI is InChI=1S/C14H14O3/c1-2-5-14-12(16)10-8-4-3-7(6-8)9(10)11(15)13(14)17-14/h2-4,7-10,13H,1,5-6H2/t7-,8+,9-,10+,13+,14-/m0/s1. The summed E-state index contributed by atoms with van der Waals surface area (Å²) >= 11 is 0. The van der Waals surface area contributed by atoms with Crippen molar-refractivity contribution >= 4 is 11.6 Å². The van der Waals surface area contributed by atoms with Gasteiger partial charge in [-0.1, -0.05) is 18.2 Å². The normalized spacial score (nSPS) is 53.5. The van der Waals surface area contributed by atoms with Crippen molar-refractivity contribution in [3.63, 3.8) is 0 Å². The van der Waals surface area contributed by atoms with E-state index in [2.05, 4.69) is 18.7 Å². The van der Waals surface area contributed by atoms with Crippen LogP contribution in [0.5, 0.6) is 0 Å². The molecule has 0 unspecified atom stereocenters. The van der Waals surface area contributed by atoms with Crippen molar-refractivity contribution in [2.75, 3.05) is 0 Å². The molecule has 1 saturated heterocycles. The highest BCUT2D eigenvalue weighted by Crippen LogP contribution is 2.59. The summed E-state index contributed by atoms with van der Waals surface area (Å²) in [4.78, 5) is 24.9. The Kier molecular flexibility index (Phi) is 1.60. The van der Waals surface area contributed by atoms with Crippen molar-refractivity contribution < 1.29 is 14.3 Å². The Hall–Kier alpha value is -1.22. The Bertz CT molecular complexity index is 478. The van der Waals surface area contributed by atoms with E-state index in [-0.39, 0.29) is 35.2 Å². The van der Waals surface area contributed by atoms with Crippen LogP contribution in [0.3, 0.4) is 0 Å². The summed E-state index contributed by atoms with van der Waals surface area (Å²) in [6, 6.07) is 0. The zero-order chi connectivity index (χ0) is 11.8. The molecule has 4 rings (SSSR count). The third-order valence-corrected chi connectivity index (χ3v) is 4.91. The number of hydrogen-bond donors (Lipinski definition) is 0. The monoisotopic (exact) mass is 230 g/mol. The van der Waals surface area contributed by atoms with Gasteiger partial charge in [-0.15, -0.1) is 6.58 Å². The first kappa shape index (κ1) is 9.77. The Morgan fingerprint density at radius 3 is 2.76 bits per heavy atom. The number of ether oxygens (including phenoxy) is 1. The summed E-state index contributed by atoms with van der Waals surface area (Å²) in [6.45, 7) is 3.66. The minimum atomic E-state index is -0.821. The number of allylic oxidation sites excluding steroid dienone is 2. The van der Waals surface area contributed by atoms with Crippen LogP contribution in [0.2, 0.25) is 0 Å². The summed E-state index contributed by atoms with van der Waals surface area (Å²) in [7, 11) is 0.